The summed E-state index contributed by atoms with van der Waals surface area (Å²) in [6, 6.07) is 1.55. The fourth-order valence-electron chi connectivity index (χ4n) is 0.864. The number of nitrogens with two attached hydrogens (primary N) is 1. The third kappa shape index (κ3) is 1.62. The topological polar surface area (TPSA) is 62.0 Å². The van der Waals surface area contributed by atoms with E-state index in [1.54, 1.807) is 6.07 Å². The standard InChI is InChI=1S/C7H10F2N2O/c8-7(9,4-12)6(10)5-2-1-3-11-5/h1-3,6,11-12H,4,10H2/t6-/m1/s1. The second kappa shape index (κ2) is 3.20. The van der Waals surface area contributed by atoms with Crippen LogP contribution in [0.15, 0.2) is 18.3 Å². The van der Waals surface area contributed by atoms with Crippen LogP contribution in [0.1, 0.15) is 11.7 Å². The van der Waals surface area contributed by atoms with Gasteiger partial charge in [0, 0.05) is 11.9 Å². The molecule has 12 heavy (non-hydrogen) atoms. The summed E-state index contributed by atoms with van der Waals surface area (Å²) in [5.74, 6) is -3.27. The normalized spacial score (nSPS) is 14.7. The van der Waals surface area contributed by atoms with Gasteiger partial charge in [-0.1, -0.05) is 0 Å². The molecule has 0 amide bonds. The monoisotopic (exact) mass is 176 g/mol. The molecule has 1 rings (SSSR count). The Morgan fingerprint density at radius 3 is 2.75 bits per heavy atom. The average molecular weight is 176 g/mol. The van der Waals surface area contributed by atoms with Crippen LogP contribution in [0.25, 0.3) is 0 Å². The van der Waals surface area contributed by atoms with Gasteiger partial charge in [0.1, 0.15) is 12.6 Å². The molecule has 0 aliphatic rings. The van der Waals surface area contributed by atoms with Crippen LogP contribution in [0.3, 0.4) is 0 Å². The first-order valence-electron chi connectivity index (χ1n) is 3.45. The Bertz CT molecular complexity index is 236. The summed E-state index contributed by atoms with van der Waals surface area (Å²) in [7, 11) is 0. The number of aliphatic hydroxyl groups is 1. The van der Waals surface area contributed by atoms with E-state index in [0.717, 1.165) is 0 Å². The van der Waals surface area contributed by atoms with Crippen LogP contribution in [0.4, 0.5) is 8.78 Å². The van der Waals surface area contributed by atoms with E-state index in [4.69, 9.17) is 10.8 Å². The number of nitrogens with one attached hydrogen (secondary N) is 1. The van der Waals surface area contributed by atoms with E-state index in [0.29, 0.717) is 0 Å². The third-order valence-electron chi connectivity index (χ3n) is 1.62. The van der Waals surface area contributed by atoms with Crippen LogP contribution < -0.4 is 5.73 Å². The van der Waals surface area contributed by atoms with Gasteiger partial charge in [0.2, 0.25) is 0 Å². The number of hydrogen-bond acceptors (Lipinski definition) is 2. The van der Waals surface area contributed by atoms with Crippen molar-refractivity contribution in [3.8, 4) is 0 Å². The van der Waals surface area contributed by atoms with E-state index in [9.17, 15) is 8.78 Å². The third-order valence-corrected chi connectivity index (χ3v) is 1.62. The number of halogens is 2. The number of H-pyrrole nitrogens is 1. The van der Waals surface area contributed by atoms with Crippen LogP contribution in [-0.2, 0) is 0 Å². The second-order valence-corrected chi connectivity index (χ2v) is 2.52. The summed E-state index contributed by atoms with van der Waals surface area (Å²) in [6.07, 6.45) is 1.50. The minimum absolute atomic E-state index is 0.217. The summed E-state index contributed by atoms with van der Waals surface area (Å²) >= 11 is 0. The predicted octanol–water partition coefficient (Wildman–Crippen LogP) is 0.642. The fraction of sp³-hybridized carbons (Fsp3) is 0.429. The number of aromatic nitrogens is 1. The number of aromatic amines is 1. The molecule has 3 nitrogen and oxygen atoms in total. The molecule has 1 aromatic rings. The molecule has 4 N–H and O–H groups in total. The highest BCUT2D eigenvalue weighted by Gasteiger charge is 2.37. The van der Waals surface area contributed by atoms with E-state index in [-0.39, 0.29) is 5.69 Å². The van der Waals surface area contributed by atoms with Crippen molar-refractivity contribution < 1.29 is 13.9 Å². The molecule has 68 valence electrons. The van der Waals surface area contributed by atoms with Crippen molar-refractivity contribution in [3.63, 3.8) is 0 Å². The van der Waals surface area contributed by atoms with Gasteiger partial charge in [-0.15, -0.1) is 0 Å². The minimum atomic E-state index is -3.27. The molecule has 1 heterocycles. The molecule has 1 aromatic heterocycles. The average Bonchev–Trinajstić information content (AvgIpc) is 2.55. The van der Waals surface area contributed by atoms with Crippen molar-refractivity contribution in [3.05, 3.63) is 24.0 Å². The van der Waals surface area contributed by atoms with E-state index >= 15 is 0 Å². The Morgan fingerprint density at radius 2 is 2.33 bits per heavy atom. The van der Waals surface area contributed by atoms with E-state index in [1.165, 1.54) is 12.3 Å². The van der Waals surface area contributed by atoms with Crippen molar-refractivity contribution in [1.82, 2.24) is 4.98 Å². The molecule has 0 saturated heterocycles. The molecule has 0 radical (unpaired) electrons. The van der Waals surface area contributed by atoms with E-state index in [1.807, 2.05) is 0 Å². The van der Waals surface area contributed by atoms with Crippen molar-refractivity contribution in [2.75, 3.05) is 6.61 Å². The molecule has 1 atom stereocenters. The molecule has 0 aliphatic carbocycles. The number of alkyl halides is 2. The highest BCUT2D eigenvalue weighted by atomic mass is 19.3. The zero-order valence-electron chi connectivity index (χ0n) is 6.30. The van der Waals surface area contributed by atoms with Gasteiger partial charge in [0.05, 0.1) is 0 Å². The predicted molar refractivity (Wildman–Crippen MR) is 39.8 cm³/mol. The second-order valence-electron chi connectivity index (χ2n) is 2.52. The van der Waals surface area contributed by atoms with Crippen molar-refractivity contribution in [1.29, 1.82) is 0 Å². The zero-order valence-corrected chi connectivity index (χ0v) is 6.30. The Balaban J connectivity index is 2.78. The highest BCUT2D eigenvalue weighted by Crippen LogP contribution is 2.27. The maximum Gasteiger partial charge on any atom is 0.290 e. The summed E-state index contributed by atoms with van der Waals surface area (Å²) < 4.78 is 25.4. The molecule has 0 spiro atoms. The highest BCUT2D eigenvalue weighted by molar-refractivity contribution is 5.11. The minimum Gasteiger partial charge on any atom is -0.390 e. The number of hydrogen-bond donors (Lipinski definition) is 3. The summed E-state index contributed by atoms with van der Waals surface area (Å²) in [4.78, 5) is 2.56. The Hall–Kier alpha value is -0.940. The lowest BCUT2D eigenvalue weighted by atomic mass is 10.1. The first kappa shape index (κ1) is 9.15. The summed E-state index contributed by atoms with van der Waals surface area (Å²) in [5, 5.41) is 8.32. The quantitative estimate of drug-likeness (QED) is 0.633. The van der Waals surface area contributed by atoms with Gasteiger partial charge < -0.3 is 15.8 Å². The molecular formula is C7H10F2N2O. The molecule has 0 saturated carbocycles. The van der Waals surface area contributed by atoms with Gasteiger partial charge >= 0.3 is 0 Å². The summed E-state index contributed by atoms with van der Waals surface area (Å²) in [6.45, 7) is -1.24. The van der Waals surface area contributed by atoms with Gasteiger partial charge in [-0.05, 0) is 12.1 Å². The first-order valence-corrected chi connectivity index (χ1v) is 3.45. The fourth-order valence-corrected chi connectivity index (χ4v) is 0.864. The molecule has 0 unspecified atom stereocenters. The van der Waals surface area contributed by atoms with Gasteiger partial charge in [0.15, 0.2) is 0 Å². The van der Waals surface area contributed by atoms with Gasteiger partial charge in [0.25, 0.3) is 5.92 Å². The molecule has 5 heteroatoms. The van der Waals surface area contributed by atoms with Crippen molar-refractivity contribution in [2.45, 2.75) is 12.0 Å². The lowest BCUT2D eigenvalue weighted by molar-refractivity contribution is -0.0720. The lowest BCUT2D eigenvalue weighted by Gasteiger charge is -2.19. The largest absolute Gasteiger partial charge is 0.390 e. The maximum atomic E-state index is 12.7. The molecule has 0 aliphatic heterocycles. The van der Waals surface area contributed by atoms with Crippen LogP contribution in [0.2, 0.25) is 0 Å². The SMILES string of the molecule is N[C@H](c1ccc[nH]1)C(F)(F)CO. The smallest absolute Gasteiger partial charge is 0.290 e. The molecular weight excluding hydrogens is 166 g/mol. The molecule has 0 aromatic carbocycles. The zero-order chi connectivity index (χ0) is 9.19. The van der Waals surface area contributed by atoms with Crippen LogP contribution >= 0.6 is 0 Å². The van der Waals surface area contributed by atoms with E-state index < -0.39 is 18.6 Å². The van der Waals surface area contributed by atoms with Crippen molar-refractivity contribution in [2.24, 2.45) is 5.73 Å². The Kier molecular flexibility index (Phi) is 2.44. The lowest BCUT2D eigenvalue weighted by Crippen LogP contribution is -2.36. The van der Waals surface area contributed by atoms with E-state index in [2.05, 4.69) is 4.98 Å². The van der Waals surface area contributed by atoms with Crippen LogP contribution in [0, 0.1) is 0 Å². The Labute approximate surface area is 68.2 Å². The number of aliphatic hydroxyl groups excluding tert-OH is 1. The number of rotatable bonds is 3. The Morgan fingerprint density at radius 1 is 1.67 bits per heavy atom. The van der Waals surface area contributed by atoms with Crippen LogP contribution in [-0.4, -0.2) is 22.6 Å². The van der Waals surface area contributed by atoms with Crippen molar-refractivity contribution >= 4 is 0 Å². The van der Waals surface area contributed by atoms with Gasteiger partial charge in [-0.25, -0.2) is 8.78 Å². The molecule has 0 bridgehead atoms. The summed E-state index contributed by atoms with van der Waals surface area (Å²) in [5.41, 5.74) is 5.40. The first-order chi connectivity index (χ1) is 5.58. The van der Waals surface area contributed by atoms with Gasteiger partial charge in [-0.3, -0.25) is 0 Å². The molecule has 0 fully saturated rings. The maximum absolute atomic E-state index is 12.7. The van der Waals surface area contributed by atoms with Crippen LogP contribution in [0.5, 0.6) is 0 Å². The van der Waals surface area contributed by atoms with Gasteiger partial charge in [-0.2, -0.15) is 0 Å².